The fourth-order valence-corrected chi connectivity index (χ4v) is 4.52. The van der Waals surface area contributed by atoms with Crippen molar-refractivity contribution in [3.8, 4) is 0 Å². The molecule has 0 aliphatic carbocycles. The number of hydrazine groups is 1. The van der Waals surface area contributed by atoms with E-state index in [2.05, 4.69) is 15.7 Å². The lowest BCUT2D eigenvalue weighted by molar-refractivity contribution is -0.132. The highest BCUT2D eigenvalue weighted by atomic mass is 16.2. The van der Waals surface area contributed by atoms with Crippen LogP contribution in [0.15, 0.2) is 66.9 Å². The topological polar surface area (TPSA) is 190 Å². The summed E-state index contributed by atoms with van der Waals surface area (Å²) in [5.74, 6) is -1.10. The van der Waals surface area contributed by atoms with E-state index in [-0.39, 0.29) is 44.2 Å². The normalized spacial score (nSPS) is 12.3. The summed E-state index contributed by atoms with van der Waals surface area (Å²) in [4.78, 5) is 58.4. The molecule has 0 unspecified atom stereocenters. The van der Waals surface area contributed by atoms with E-state index in [1.54, 1.807) is 6.20 Å². The third-order valence-electron chi connectivity index (χ3n) is 6.88. The molecule has 3 aromatic rings. The van der Waals surface area contributed by atoms with Gasteiger partial charge in [0, 0.05) is 50.6 Å². The predicted octanol–water partition coefficient (Wildman–Crippen LogP) is 0.874. The molecule has 43 heavy (non-hydrogen) atoms. The van der Waals surface area contributed by atoms with Crippen molar-refractivity contribution in [2.24, 2.45) is 17.2 Å². The number of hydrogen-bond donors (Lipinski definition) is 5. The highest BCUT2D eigenvalue weighted by molar-refractivity contribution is 5.92. The first-order valence-electron chi connectivity index (χ1n) is 14.4. The number of aryl methyl sites for hydroxylation is 1. The first-order valence-corrected chi connectivity index (χ1v) is 14.4. The summed E-state index contributed by atoms with van der Waals surface area (Å²) < 4.78 is 0. The van der Waals surface area contributed by atoms with Crippen LogP contribution in [0.4, 0.5) is 4.79 Å². The van der Waals surface area contributed by atoms with Crippen molar-refractivity contribution >= 4 is 34.5 Å². The summed E-state index contributed by atoms with van der Waals surface area (Å²) in [5.41, 5.74) is 22.0. The molecule has 0 spiro atoms. The number of carbonyl (C=O) groups excluding carboxylic acids is 4. The van der Waals surface area contributed by atoms with Crippen molar-refractivity contribution in [1.29, 1.82) is 0 Å². The van der Waals surface area contributed by atoms with Crippen molar-refractivity contribution < 1.29 is 19.2 Å². The maximum atomic E-state index is 13.6. The third-order valence-corrected chi connectivity index (χ3v) is 6.88. The molecule has 0 aliphatic rings. The summed E-state index contributed by atoms with van der Waals surface area (Å²) in [6.07, 6.45) is 2.47. The number of carbonyl (C=O) groups is 4. The summed E-state index contributed by atoms with van der Waals surface area (Å²) in [5, 5.41) is 4.69. The molecule has 12 heteroatoms. The second kappa shape index (κ2) is 16.9. The molecule has 3 rings (SSSR count). The smallest absolute Gasteiger partial charge is 0.336 e. The fourth-order valence-electron chi connectivity index (χ4n) is 4.52. The lowest BCUT2D eigenvalue weighted by atomic mass is 9.98. The predicted molar refractivity (Wildman–Crippen MR) is 165 cm³/mol. The number of hydrogen-bond acceptors (Lipinski definition) is 8. The Kier molecular flexibility index (Phi) is 13.0. The lowest BCUT2D eigenvalue weighted by Gasteiger charge is -2.28. The summed E-state index contributed by atoms with van der Waals surface area (Å²) in [6, 6.07) is 16.6. The van der Waals surface area contributed by atoms with Crippen LogP contribution in [0.1, 0.15) is 30.9 Å². The molecule has 0 aliphatic heterocycles. The molecule has 1 aromatic heterocycles. The Bertz CT molecular complexity index is 1360. The molecular formula is C31H42N8O4. The number of fused-ring (bicyclic) bond motifs is 1. The molecule has 0 saturated heterocycles. The van der Waals surface area contributed by atoms with Crippen LogP contribution in [0.5, 0.6) is 0 Å². The molecule has 0 bridgehead atoms. The summed E-state index contributed by atoms with van der Waals surface area (Å²) in [6.45, 7) is 2.47. The van der Waals surface area contributed by atoms with Crippen molar-refractivity contribution in [2.45, 2.75) is 44.7 Å². The van der Waals surface area contributed by atoms with Crippen LogP contribution in [0.3, 0.4) is 0 Å². The van der Waals surface area contributed by atoms with Gasteiger partial charge in [-0.1, -0.05) is 48.5 Å². The van der Waals surface area contributed by atoms with Crippen LogP contribution in [0.25, 0.3) is 10.9 Å². The van der Waals surface area contributed by atoms with Crippen LogP contribution >= 0.6 is 0 Å². The van der Waals surface area contributed by atoms with E-state index >= 15 is 0 Å². The number of ketones is 1. The third kappa shape index (κ3) is 10.4. The van der Waals surface area contributed by atoms with E-state index in [4.69, 9.17) is 17.2 Å². The number of nitrogens with two attached hydrogens (primary N) is 3. The summed E-state index contributed by atoms with van der Waals surface area (Å²) in [7, 11) is 0. The van der Waals surface area contributed by atoms with E-state index in [9.17, 15) is 19.2 Å². The molecule has 0 radical (unpaired) electrons. The highest BCUT2D eigenvalue weighted by Crippen LogP contribution is 2.15. The van der Waals surface area contributed by atoms with Gasteiger partial charge in [0.25, 0.3) is 5.91 Å². The molecule has 0 fully saturated rings. The van der Waals surface area contributed by atoms with Crippen LogP contribution in [0.2, 0.25) is 0 Å². The number of aromatic nitrogens is 1. The van der Waals surface area contributed by atoms with Gasteiger partial charge >= 0.3 is 6.03 Å². The van der Waals surface area contributed by atoms with Crippen LogP contribution in [0, 0.1) is 0 Å². The molecule has 2 atom stereocenters. The number of benzene rings is 2. The van der Waals surface area contributed by atoms with Gasteiger partial charge in [-0.3, -0.25) is 24.8 Å². The van der Waals surface area contributed by atoms with Crippen molar-refractivity contribution in [1.82, 2.24) is 25.6 Å². The van der Waals surface area contributed by atoms with Gasteiger partial charge in [-0.25, -0.2) is 9.80 Å². The zero-order chi connectivity index (χ0) is 31.2. The van der Waals surface area contributed by atoms with Gasteiger partial charge in [-0.05, 0) is 43.0 Å². The zero-order valence-corrected chi connectivity index (χ0v) is 24.6. The second-order valence-electron chi connectivity index (χ2n) is 10.3. The Labute approximate surface area is 251 Å². The van der Waals surface area contributed by atoms with Gasteiger partial charge in [0.1, 0.15) is 0 Å². The minimum atomic E-state index is -0.909. The number of nitrogens with one attached hydrogen (secondary N) is 2. The van der Waals surface area contributed by atoms with E-state index in [1.165, 1.54) is 11.8 Å². The lowest BCUT2D eigenvalue weighted by Crippen LogP contribution is -2.57. The van der Waals surface area contributed by atoms with Gasteiger partial charge in [0.2, 0.25) is 5.91 Å². The Morgan fingerprint density at radius 3 is 2.26 bits per heavy atom. The van der Waals surface area contributed by atoms with E-state index in [1.807, 2.05) is 60.7 Å². The van der Waals surface area contributed by atoms with Crippen molar-refractivity contribution in [3.63, 3.8) is 0 Å². The van der Waals surface area contributed by atoms with Gasteiger partial charge in [-0.15, -0.1) is 0 Å². The first kappa shape index (κ1) is 33.1. The largest absolute Gasteiger partial charge is 0.340 e. The van der Waals surface area contributed by atoms with Gasteiger partial charge in [-0.2, -0.15) is 0 Å². The number of rotatable bonds is 15. The minimum Gasteiger partial charge on any atom is -0.340 e. The van der Waals surface area contributed by atoms with E-state index < -0.39 is 24.0 Å². The van der Waals surface area contributed by atoms with E-state index in [0.29, 0.717) is 25.9 Å². The number of amides is 4. The van der Waals surface area contributed by atoms with Crippen LogP contribution < -0.4 is 27.9 Å². The van der Waals surface area contributed by atoms with Gasteiger partial charge < -0.3 is 27.4 Å². The first-order chi connectivity index (χ1) is 20.7. The Morgan fingerprint density at radius 2 is 1.58 bits per heavy atom. The average Bonchev–Trinajstić information content (AvgIpc) is 3.01. The molecule has 2 aromatic carbocycles. The molecule has 4 amide bonds. The Morgan fingerprint density at radius 1 is 0.907 bits per heavy atom. The maximum absolute atomic E-state index is 13.6. The molecular weight excluding hydrogens is 548 g/mol. The van der Waals surface area contributed by atoms with Gasteiger partial charge in [0.15, 0.2) is 5.78 Å². The number of urea groups is 1. The fraction of sp³-hybridized carbons (Fsp3) is 0.387. The number of pyridine rings is 1. The standard InChI is InChI=1S/C31H42N8O4/c1-22(34)30(42)37-39(16-13-29(41)38(17-14-32)18-15-33)31(43)36-27(12-11-23-7-3-2-4-8-23)28(40)20-24-19-25-9-5-6-10-26(25)35-21-24/h2-10,19,21-22,27H,11-18,20,32-34H2,1H3,(H,36,43)(H,37,42)/t22-,27-/m0/s1. The summed E-state index contributed by atoms with van der Waals surface area (Å²) >= 11 is 0. The van der Waals surface area contributed by atoms with Crippen LogP contribution in [-0.2, 0) is 27.2 Å². The quantitative estimate of drug-likeness (QED) is 0.161. The van der Waals surface area contributed by atoms with Crippen molar-refractivity contribution in [3.05, 3.63) is 78.0 Å². The molecule has 0 saturated carbocycles. The monoisotopic (exact) mass is 590 g/mol. The molecule has 12 nitrogen and oxygen atoms in total. The molecule has 1 heterocycles. The number of Topliss-reactive ketones (excluding diaryl/α,β-unsaturated/α-hetero) is 1. The van der Waals surface area contributed by atoms with Gasteiger partial charge in [0.05, 0.1) is 24.1 Å². The molecule has 230 valence electrons. The SMILES string of the molecule is C[C@H](N)C(=O)NN(CCC(=O)N(CCN)CCN)C(=O)N[C@@H](CCc1ccccc1)C(=O)Cc1cnc2ccccc2c1. The maximum Gasteiger partial charge on any atom is 0.336 e. The number of nitrogens with zero attached hydrogens (tertiary/aromatic N) is 3. The number of para-hydroxylation sites is 1. The highest BCUT2D eigenvalue weighted by Gasteiger charge is 2.26. The average molecular weight is 591 g/mol. The van der Waals surface area contributed by atoms with Crippen LogP contribution in [-0.4, -0.2) is 83.3 Å². The van der Waals surface area contributed by atoms with E-state index in [0.717, 1.165) is 27.0 Å². The zero-order valence-electron chi connectivity index (χ0n) is 24.6. The van der Waals surface area contributed by atoms with Crippen molar-refractivity contribution in [2.75, 3.05) is 32.7 Å². The molecule has 8 N–H and O–H groups in total. The Hall–Kier alpha value is -4.39. The Balaban J connectivity index is 1.78. The minimum absolute atomic E-state index is 0.0510. The second-order valence-corrected chi connectivity index (χ2v) is 10.3.